The van der Waals surface area contributed by atoms with Crippen molar-refractivity contribution < 1.29 is 9.47 Å². The van der Waals surface area contributed by atoms with E-state index in [1.54, 1.807) is 27.7 Å². The number of hydrogen-bond donors (Lipinski definition) is 0. The molecule has 0 bridgehead atoms. The van der Waals surface area contributed by atoms with Crippen LogP contribution in [0.2, 0.25) is 0 Å². The zero-order chi connectivity index (χ0) is 21.7. The molecule has 0 unspecified atom stereocenters. The molecule has 2 aromatic carbocycles. The van der Waals surface area contributed by atoms with Gasteiger partial charge in [-0.3, -0.25) is 9.36 Å². The van der Waals surface area contributed by atoms with E-state index in [1.165, 1.54) is 10.4 Å². The highest BCUT2D eigenvalue weighted by molar-refractivity contribution is 7.98. The molecule has 4 aromatic rings. The molecule has 0 spiro atoms. The molecule has 162 valence electrons. The van der Waals surface area contributed by atoms with Crippen LogP contribution in [0, 0.1) is 5.92 Å². The van der Waals surface area contributed by atoms with Gasteiger partial charge in [0, 0.05) is 10.6 Å². The van der Waals surface area contributed by atoms with Crippen LogP contribution in [0.3, 0.4) is 0 Å². The smallest absolute Gasteiger partial charge is 0.267 e. The van der Waals surface area contributed by atoms with Crippen LogP contribution >= 0.6 is 23.1 Å². The lowest BCUT2D eigenvalue weighted by Gasteiger charge is -2.17. The molecule has 2 aromatic heterocycles. The van der Waals surface area contributed by atoms with Crippen molar-refractivity contribution in [1.29, 1.82) is 0 Å². The minimum atomic E-state index is 0.0430. The summed E-state index contributed by atoms with van der Waals surface area (Å²) in [5.74, 6) is 2.89. The Labute approximate surface area is 194 Å². The van der Waals surface area contributed by atoms with E-state index in [2.05, 4.69) is 6.92 Å². The molecule has 1 aliphatic carbocycles. The first-order valence-electron chi connectivity index (χ1n) is 10.8. The van der Waals surface area contributed by atoms with Gasteiger partial charge in [0.2, 0.25) is 6.79 Å². The first kappa shape index (κ1) is 19.9. The van der Waals surface area contributed by atoms with Crippen molar-refractivity contribution in [2.24, 2.45) is 5.92 Å². The summed E-state index contributed by atoms with van der Waals surface area (Å²) in [5, 5.41) is 1.53. The van der Waals surface area contributed by atoms with Gasteiger partial charge in [-0.25, -0.2) is 4.98 Å². The highest BCUT2D eigenvalue weighted by atomic mass is 32.2. The van der Waals surface area contributed by atoms with Crippen molar-refractivity contribution in [3.05, 3.63) is 74.9 Å². The third-order valence-corrected chi connectivity index (χ3v) is 8.28. The highest BCUT2D eigenvalue weighted by Crippen LogP contribution is 2.38. The Bertz CT molecular complexity index is 1380. The van der Waals surface area contributed by atoms with Crippen LogP contribution in [0.15, 0.2) is 58.5 Å². The molecular formula is C25H22N2O3S2. The molecule has 0 saturated carbocycles. The van der Waals surface area contributed by atoms with Crippen LogP contribution in [-0.4, -0.2) is 16.3 Å². The van der Waals surface area contributed by atoms with Crippen LogP contribution in [0.25, 0.3) is 15.9 Å². The first-order chi connectivity index (χ1) is 15.7. The zero-order valence-electron chi connectivity index (χ0n) is 17.7. The SMILES string of the molecule is C[C@@H]1CCc2c(sc3nc(SCc4ccc5c(c4)OCO5)n(-c4ccccc4)c(=O)c23)C1. The summed E-state index contributed by atoms with van der Waals surface area (Å²) in [4.78, 5) is 21.0. The van der Waals surface area contributed by atoms with E-state index in [-0.39, 0.29) is 12.4 Å². The zero-order valence-corrected chi connectivity index (χ0v) is 19.3. The summed E-state index contributed by atoms with van der Waals surface area (Å²) >= 11 is 3.28. The van der Waals surface area contributed by atoms with Crippen LogP contribution in [0.5, 0.6) is 11.5 Å². The average Bonchev–Trinajstić information content (AvgIpc) is 3.41. The Morgan fingerprint density at radius 1 is 1.16 bits per heavy atom. The van der Waals surface area contributed by atoms with E-state index in [9.17, 15) is 4.79 Å². The minimum absolute atomic E-state index is 0.0430. The first-order valence-corrected chi connectivity index (χ1v) is 12.6. The average molecular weight is 463 g/mol. The number of benzene rings is 2. The topological polar surface area (TPSA) is 53.4 Å². The van der Waals surface area contributed by atoms with Gasteiger partial charge in [0.15, 0.2) is 16.7 Å². The number of thiophene rings is 1. The lowest BCUT2D eigenvalue weighted by Crippen LogP contribution is -2.22. The van der Waals surface area contributed by atoms with Gasteiger partial charge in [-0.2, -0.15) is 0 Å². The predicted octanol–water partition coefficient (Wildman–Crippen LogP) is 5.59. The molecule has 0 fully saturated rings. The fraction of sp³-hybridized carbons (Fsp3) is 0.280. The van der Waals surface area contributed by atoms with Crippen molar-refractivity contribution in [3.63, 3.8) is 0 Å². The molecule has 0 saturated heterocycles. The maximum Gasteiger partial charge on any atom is 0.267 e. The fourth-order valence-corrected chi connectivity index (χ4v) is 6.83. The van der Waals surface area contributed by atoms with Gasteiger partial charge in [0.05, 0.1) is 11.1 Å². The van der Waals surface area contributed by atoms with Gasteiger partial charge < -0.3 is 9.47 Å². The second-order valence-corrected chi connectivity index (χ2v) is 10.4. The van der Waals surface area contributed by atoms with Gasteiger partial charge in [-0.1, -0.05) is 43.0 Å². The second-order valence-electron chi connectivity index (χ2n) is 8.38. The van der Waals surface area contributed by atoms with Crippen molar-refractivity contribution in [2.45, 2.75) is 37.1 Å². The number of rotatable bonds is 4. The van der Waals surface area contributed by atoms with Crippen LogP contribution in [0.4, 0.5) is 0 Å². The summed E-state index contributed by atoms with van der Waals surface area (Å²) in [6.45, 7) is 2.55. The molecular weight excluding hydrogens is 440 g/mol. The minimum Gasteiger partial charge on any atom is -0.454 e. The maximum atomic E-state index is 13.8. The van der Waals surface area contributed by atoms with E-state index in [1.807, 2.05) is 48.5 Å². The standard InChI is InChI=1S/C25H22N2O3S2/c1-15-7-9-18-21(11-15)32-23-22(18)24(28)27(17-5-3-2-4-6-17)25(26-23)31-13-16-8-10-19-20(12-16)30-14-29-19/h2-6,8,10,12,15H,7,9,11,13-14H2,1H3/t15-/m1/s1. The van der Waals surface area contributed by atoms with Crippen molar-refractivity contribution in [1.82, 2.24) is 9.55 Å². The molecule has 0 N–H and O–H groups in total. The summed E-state index contributed by atoms with van der Waals surface area (Å²) in [6, 6.07) is 15.8. The lowest BCUT2D eigenvalue weighted by atomic mass is 9.89. The number of ether oxygens (including phenoxy) is 2. The number of para-hydroxylation sites is 1. The Kier molecular flexibility index (Phi) is 4.96. The van der Waals surface area contributed by atoms with Gasteiger partial charge in [-0.05, 0) is 60.6 Å². The third-order valence-electron chi connectivity index (χ3n) is 6.12. The molecule has 5 nitrogen and oxygen atoms in total. The van der Waals surface area contributed by atoms with Gasteiger partial charge in [0.1, 0.15) is 4.83 Å². The quantitative estimate of drug-likeness (QED) is 0.292. The second kappa shape index (κ2) is 7.98. The Morgan fingerprint density at radius 3 is 2.88 bits per heavy atom. The number of aryl methyl sites for hydroxylation is 1. The summed E-state index contributed by atoms with van der Waals surface area (Å²) in [5.41, 5.74) is 3.22. The number of nitrogens with zero attached hydrogens (tertiary/aromatic N) is 2. The molecule has 0 radical (unpaired) electrons. The van der Waals surface area contributed by atoms with Crippen molar-refractivity contribution in [2.75, 3.05) is 6.79 Å². The molecule has 6 rings (SSSR count). The van der Waals surface area contributed by atoms with E-state index < -0.39 is 0 Å². The van der Waals surface area contributed by atoms with Crippen molar-refractivity contribution in [3.8, 4) is 17.2 Å². The highest BCUT2D eigenvalue weighted by Gasteiger charge is 2.25. The molecule has 2 aliphatic rings. The predicted molar refractivity (Wildman–Crippen MR) is 129 cm³/mol. The molecule has 32 heavy (non-hydrogen) atoms. The number of thioether (sulfide) groups is 1. The molecule has 1 aliphatic heterocycles. The van der Waals surface area contributed by atoms with Gasteiger partial charge in [0.25, 0.3) is 5.56 Å². The molecule has 3 heterocycles. The fourth-order valence-electron chi connectivity index (χ4n) is 4.45. The van der Waals surface area contributed by atoms with E-state index in [0.29, 0.717) is 11.7 Å². The molecule has 7 heteroatoms. The van der Waals surface area contributed by atoms with Crippen LogP contribution in [-0.2, 0) is 18.6 Å². The normalized spacial score (nSPS) is 17.0. The molecule has 1 atom stereocenters. The summed E-state index contributed by atoms with van der Waals surface area (Å²) in [7, 11) is 0. The Balaban J connectivity index is 1.45. The maximum absolute atomic E-state index is 13.8. The molecule has 0 amide bonds. The van der Waals surface area contributed by atoms with Gasteiger partial charge in [-0.15, -0.1) is 11.3 Å². The number of fused-ring (bicyclic) bond motifs is 4. The summed E-state index contributed by atoms with van der Waals surface area (Å²) in [6.07, 6.45) is 3.14. The third kappa shape index (κ3) is 3.40. The summed E-state index contributed by atoms with van der Waals surface area (Å²) < 4.78 is 12.7. The van der Waals surface area contributed by atoms with Crippen LogP contribution < -0.4 is 15.0 Å². The van der Waals surface area contributed by atoms with E-state index >= 15 is 0 Å². The largest absolute Gasteiger partial charge is 0.454 e. The lowest BCUT2D eigenvalue weighted by molar-refractivity contribution is 0.174. The van der Waals surface area contributed by atoms with E-state index in [0.717, 1.165) is 57.4 Å². The Morgan fingerprint density at radius 2 is 2.00 bits per heavy atom. The Hall–Kier alpha value is -2.77. The van der Waals surface area contributed by atoms with Crippen LogP contribution in [0.1, 0.15) is 29.3 Å². The van der Waals surface area contributed by atoms with Gasteiger partial charge >= 0.3 is 0 Å². The van der Waals surface area contributed by atoms with E-state index in [4.69, 9.17) is 14.5 Å². The van der Waals surface area contributed by atoms with Crippen molar-refractivity contribution >= 4 is 33.3 Å². The number of hydrogen-bond acceptors (Lipinski definition) is 6. The monoisotopic (exact) mass is 462 g/mol. The number of aromatic nitrogens is 2.